The van der Waals surface area contributed by atoms with Gasteiger partial charge in [0, 0.05) is 28.8 Å². The molecule has 0 radical (unpaired) electrons. The molecule has 1 atom stereocenters. The number of hydrogen-bond donors (Lipinski definition) is 1. The Morgan fingerprint density at radius 2 is 1.76 bits per heavy atom. The number of H-pyrrole nitrogens is 1. The van der Waals surface area contributed by atoms with Crippen LogP contribution in [0.2, 0.25) is 0 Å². The summed E-state index contributed by atoms with van der Waals surface area (Å²) in [6.45, 7) is 4.26. The number of benzene rings is 3. The number of carbonyl (C=O) groups is 1. The maximum absolute atomic E-state index is 12.0. The van der Waals surface area contributed by atoms with Gasteiger partial charge in [-0.25, -0.2) is 15.0 Å². The first kappa shape index (κ1) is 27.9. The number of allylic oxidation sites excluding steroid dienone is 2. The Hall–Kier alpha value is -4.63. The highest BCUT2D eigenvalue weighted by molar-refractivity contribution is 6.14. The predicted molar refractivity (Wildman–Crippen MR) is 158 cm³/mol. The van der Waals surface area contributed by atoms with Crippen LogP contribution < -0.4 is 0 Å². The summed E-state index contributed by atoms with van der Waals surface area (Å²) in [6, 6.07) is 24.0. The Labute approximate surface area is 239 Å². The molecule has 0 spiro atoms. The van der Waals surface area contributed by atoms with Gasteiger partial charge in [-0.2, -0.15) is 0 Å². The Kier molecular flexibility index (Phi) is 8.64. The summed E-state index contributed by atoms with van der Waals surface area (Å²) in [7, 11) is 3.07. The highest BCUT2D eigenvalue weighted by Crippen LogP contribution is 2.35. The molecule has 0 bridgehead atoms. The van der Waals surface area contributed by atoms with E-state index in [9.17, 15) is 4.79 Å². The molecule has 1 aliphatic rings. The Balaban J connectivity index is 1.61. The zero-order valence-corrected chi connectivity index (χ0v) is 23.8. The molecule has 0 fully saturated rings. The SMILES string of the molecule is CCCCC1N=C(c2ccc(-c3ccccc3)c(-c3nnn[nH]3)c2)C(Cc2ccc(C(=O)OC)cc2)=C(C)N1OC. The molecular weight excluding hydrogens is 516 g/mol. The van der Waals surface area contributed by atoms with E-state index in [2.05, 4.69) is 64.8 Å². The number of aromatic nitrogens is 4. The van der Waals surface area contributed by atoms with Crippen LogP contribution in [0.15, 0.2) is 89.1 Å². The fourth-order valence-corrected chi connectivity index (χ4v) is 5.21. The fourth-order valence-electron chi connectivity index (χ4n) is 5.21. The number of tetrazole rings is 1. The van der Waals surface area contributed by atoms with Crippen molar-refractivity contribution in [2.45, 2.75) is 45.7 Å². The molecule has 0 aliphatic carbocycles. The van der Waals surface area contributed by atoms with Gasteiger partial charge in [-0.3, -0.25) is 9.83 Å². The third-order valence-corrected chi connectivity index (χ3v) is 7.35. The van der Waals surface area contributed by atoms with Gasteiger partial charge in [-0.05, 0) is 65.1 Å². The van der Waals surface area contributed by atoms with E-state index in [4.69, 9.17) is 14.6 Å². The van der Waals surface area contributed by atoms with Crippen LogP contribution in [0.5, 0.6) is 0 Å². The first-order valence-corrected chi connectivity index (χ1v) is 13.8. The summed E-state index contributed by atoms with van der Waals surface area (Å²) in [4.78, 5) is 23.1. The summed E-state index contributed by atoms with van der Waals surface area (Å²) in [5.41, 5.74) is 8.45. The summed E-state index contributed by atoms with van der Waals surface area (Å²) in [5, 5.41) is 16.8. The standard InChI is InChI=1S/C32H34N6O3/c1-5-6-12-29-33-30(27(21(2)38(29)41-4)19-22-13-15-24(16-14-22)32(39)40-3)25-17-18-26(23-10-8-7-9-11-23)28(20-25)31-34-36-37-35-31/h7-11,13-18,20,29H,5-6,12,19H2,1-4H3,(H,34,35,36,37). The number of aliphatic imine (C=N–C) groups is 1. The summed E-state index contributed by atoms with van der Waals surface area (Å²) >= 11 is 0. The maximum atomic E-state index is 12.0. The van der Waals surface area contributed by atoms with E-state index in [1.807, 2.05) is 35.4 Å². The van der Waals surface area contributed by atoms with Gasteiger partial charge in [0.05, 0.1) is 25.5 Å². The van der Waals surface area contributed by atoms with Crippen LogP contribution in [-0.4, -0.2) is 57.8 Å². The normalized spacial score (nSPS) is 15.2. The molecule has 2 heterocycles. The van der Waals surface area contributed by atoms with Crippen molar-refractivity contribution >= 4 is 11.7 Å². The zero-order chi connectivity index (χ0) is 28.8. The maximum Gasteiger partial charge on any atom is 0.337 e. The number of nitrogens with one attached hydrogen (secondary N) is 1. The molecular formula is C32H34N6O3. The smallest absolute Gasteiger partial charge is 0.337 e. The quantitative estimate of drug-likeness (QED) is 0.241. The molecule has 0 amide bonds. The highest BCUT2D eigenvalue weighted by Gasteiger charge is 2.29. The van der Waals surface area contributed by atoms with Crippen LogP contribution >= 0.6 is 0 Å². The lowest BCUT2D eigenvalue weighted by molar-refractivity contribution is -0.133. The van der Waals surface area contributed by atoms with Crippen molar-refractivity contribution in [2.24, 2.45) is 4.99 Å². The molecule has 210 valence electrons. The molecule has 1 N–H and O–H groups in total. The van der Waals surface area contributed by atoms with Gasteiger partial charge < -0.3 is 4.74 Å². The lowest BCUT2D eigenvalue weighted by Crippen LogP contribution is -2.38. The molecule has 9 heteroatoms. The monoisotopic (exact) mass is 550 g/mol. The van der Waals surface area contributed by atoms with E-state index in [1.54, 1.807) is 19.2 Å². The third-order valence-electron chi connectivity index (χ3n) is 7.35. The first-order valence-electron chi connectivity index (χ1n) is 13.8. The third kappa shape index (κ3) is 5.95. The van der Waals surface area contributed by atoms with Crippen LogP contribution in [0.3, 0.4) is 0 Å². The molecule has 1 unspecified atom stereocenters. The van der Waals surface area contributed by atoms with Gasteiger partial charge in [0.2, 0.25) is 0 Å². The summed E-state index contributed by atoms with van der Waals surface area (Å²) in [5.74, 6) is 0.230. The molecule has 1 aromatic heterocycles. The Bertz CT molecular complexity index is 1550. The van der Waals surface area contributed by atoms with E-state index < -0.39 is 0 Å². The van der Waals surface area contributed by atoms with Crippen molar-refractivity contribution in [3.63, 3.8) is 0 Å². The summed E-state index contributed by atoms with van der Waals surface area (Å²) in [6.07, 6.45) is 3.42. The van der Waals surface area contributed by atoms with E-state index in [0.29, 0.717) is 17.8 Å². The van der Waals surface area contributed by atoms with Crippen molar-refractivity contribution in [3.05, 3.63) is 101 Å². The van der Waals surface area contributed by atoms with Crippen LogP contribution in [-0.2, 0) is 16.0 Å². The van der Waals surface area contributed by atoms with Crippen molar-refractivity contribution in [1.29, 1.82) is 0 Å². The fraction of sp³-hybridized carbons (Fsp3) is 0.281. The number of methoxy groups -OCH3 is 1. The number of aromatic amines is 1. The minimum atomic E-state index is -0.357. The average Bonchev–Trinajstić information content (AvgIpc) is 3.56. The lowest BCUT2D eigenvalue weighted by atomic mass is 9.89. The molecule has 41 heavy (non-hydrogen) atoms. The van der Waals surface area contributed by atoms with Crippen LogP contribution in [0.25, 0.3) is 22.5 Å². The molecule has 3 aromatic carbocycles. The zero-order valence-electron chi connectivity index (χ0n) is 23.8. The van der Waals surface area contributed by atoms with Crippen molar-refractivity contribution in [1.82, 2.24) is 25.7 Å². The summed E-state index contributed by atoms with van der Waals surface area (Å²) < 4.78 is 4.87. The van der Waals surface area contributed by atoms with Crippen molar-refractivity contribution in [3.8, 4) is 22.5 Å². The molecule has 0 saturated carbocycles. The van der Waals surface area contributed by atoms with E-state index >= 15 is 0 Å². The number of unbranched alkanes of at least 4 members (excludes halogenated alkanes) is 1. The van der Waals surface area contributed by atoms with Crippen LogP contribution in [0.4, 0.5) is 0 Å². The molecule has 4 aromatic rings. The lowest BCUT2D eigenvalue weighted by Gasteiger charge is -2.36. The second kappa shape index (κ2) is 12.7. The average molecular weight is 551 g/mol. The Morgan fingerprint density at radius 3 is 2.41 bits per heavy atom. The number of carbonyl (C=O) groups excluding carboxylic acids is 1. The van der Waals surface area contributed by atoms with Crippen LogP contribution in [0, 0.1) is 0 Å². The molecule has 9 nitrogen and oxygen atoms in total. The van der Waals surface area contributed by atoms with Crippen molar-refractivity contribution < 1.29 is 14.4 Å². The first-order chi connectivity index (χ1) is 20.0. The van der Waals surface area contributed by atoms with Gasteiger partial charge in [0.1, 0.15) is 6.17 Å². The van der Waals surface area contributed by atoms with E-state index in [1.165, 1.54) is 7.11 Å². The van der Waals surface area contributed by atoms with E-state index in [0.717, 1.165) is 64.1 Å². The number of nitrogens with zero attached hydrogens (tertiary/aromatic N) is 5. The Morgan fingerprint density at radius 1 is 0.976 bits per heavy atom. The second-order valence-corrected chi connectivity index (χ2v) is 9.91. The van der Waals surface area contributed by atoms with Gasteiger partial charge in [0.15, 0.2) is 5.82 Å². The van der Waals surface area contributed by atoms with Gasteiger partial charge >= 0.3 is 5.97 Å². The minimum Gasteiger partial charge on any atom is -0.465 e. The number of rotatable bonds is 10. The van der Waals surface area contributed by atoms with Crippen molar-refractivity contribution in [2.75, 3.05) is 14.2 Å². The molecule has 0 saturated heterocycles. The van der Waals surface area contributed by atoms with E-state index in [-0.39, 0.29) is 12.1 Å². The second-order valence-electron chi connectivity index (χ2n) is 9.91. The number of hydrogen-bond acceptors (Lipinski definition) is 8. The predicted octanol–water partition coefficient (Wildman–Crippen LogP) is 6.02. The number of esters is 1. The molecule has 1 aliphatic heterocycles. The van der Waals surface area contributed by atoms with Gasteiger partial charge in [-0.15, -0.1) is 5.10 Å². The topological polar surface area (TPSA) is 106 Å². The highest BCUT2D eigenvalue weighted by atomic mass is 16.7. The number of hydroxylamine groups is 2. The van der Waals surface area contributed by atoms with Gasteiger partial charge in [0.25, 0.3) is 0 Å². The number of ether oxygens (including phenoxy) is 1. The van der Waals surface area contributed by atoms with Gasteiger partial charge in [-0.1, -0.05) is 67.9 Å². The minimum absolute atomic E-state index is 0.149. The largest absolute Gasteiger partial charge is 0.465 e. The molecule has 5 rings (SSSR count). The van der Waals surface area contributed by atoms with Crippen LogP contribution in [0.1, 0.15) is 54.6 Å².